The molecule has 0 bridgehead atoms. The Labute approximate surface area is 120 Å². The van der Waals surface area contributed by atoms with Gasteiger partial charge in [-0.05, 0) is 30.9 Å². The quantitative estimate of drug-likeness (QED) is 0.856. The van der Waals surface area contributed by atoms with Crippen LogP contribution in [0.5, 0.6) is 0 Å². The van der Waals surface area contributed by atoms with Crippen LogP contribution in [-0.2, 0) is 16.1 Å². The highest BCUT2D eigenvalue weighted by atomic mass is 16.2. The van der Waals surface area contributed by atoms with Gasteiger partial charge in [-0.3, -0.25) is 14.6 Å². The van der Waals surface area contributed by atoms with E-state index in [0.717, 1.165) is 16.8 Å². The van der Waals surface area contributed by atoms with Crippen LogP contribution in [0, 0.1) is 19.8 Å². The summed E-state index contributed by atoms with van der Waals surface area (Å²) in [4.78, 5) is 27.5. The molecule has 0 aliphatic rings. The van der Waals surface area contributed by atoms with E-state index < -0.39 is 6.04 Å². The maximum Gasteiger partial charge on any atom is 0.243 e. The van der Waals surface area contributed by atoms with E-state index >= 15 is 0 Å². The Morgan fingerprint density at radius 1 is 1.30 bits per heavy atom. The van der Waals surface area contributed by atoms with Gasteiger partial charge in [-0.1, -0.05) is 19.9 Å². The third-order valence-corrected chi connectivity index (χ3v) is 3.17. The van der Waals surface area contributed by atoms with Gasteiger partial charge in [0.2, 0.25) is 11.8 Å². The molecule has 20 heavy (non-hydrogen) atoms. The summed E-state index contributed by atoms with van der Waals surface area (Å²) in [5.41, 5.74) is 3.03. The van der Waals surface area contributed by atoms with Crippen LogP contribution in [0.4, 0.5) is 0 Å². The van der Waals surface area contributed by atoms with Gasteiger partial charge in [0.05, 0.1) is 0 Å². The Hall–Kier alpha value is -1.91. The second kappa shape index (κ2) is 7.03. The van der Waals surface area contributed by atoms with Crippen molar-refractivity contribution in [2.45, 2.75) is 47.2 Å². The van der Waals surface area contributed by atoms with Crippen LogP contribution in [0.15, 0.2) is 12.3 Å². The first-order chi connectivity index (χ1) is 9.31. The number of aryl methyl sites for hydroxylation is 2. The first-order valence-corrected chi connectivity index (χ1v) is 6.78. The second-order valence-corrected chi connectivity index (χ2v) is 5.39. The fraction of sp³-hybridized carbons (Fsp3) is 0.533. The van der Waals surface area contributed by atoms with E-state index in [2.05, 4.69) is 15.6 Å². The molecule has 0 radical (unpaired) electrons. The number of pyridine rings is 1. The van der Waals surface area contributed by atoms with Gasteiger partial charge < -0.3 is 10.6 Å². The molecule has 0 saturated heterocycles. The predicted molar refractivity (Wildman–Crippen MR) is 78.0 cm³/mol. The molecule has 0 saturated carbocycles. The number of carbonyl (C=O) groups excluding carboxylic acids is 2. The lowest BCUT2D eigenvalue weighted by Gasteiger charge is -2.21. The summed E-state index contributed by atoms with van der Waals surface area (Å²) in [6.07, 6.45) is 1.76. The highest BCUT2D eigenvalue weighted by Crippen LogP contribution is 2.07. The van der Waals surface area contributed by atoms with Gasteiger partial charge >= 0.3 is 0 Å². The molecule has 1 aromatic heterocycles. The Balaban J connectivity index is 2.64. The second-order valence-electron chi connectivity index (χ2n) is 5.39. The molecule has 1 rings (SSSR count). The third-order valence-electron chi connectivity index (χ3n) is 3.17. The minimum Gasteiger partial charge on any atom is -0.350 e. The number of carbonyl (C=O) groups is 2. The zero-order valence-electron chi connectivity index (χ0n) is 12.8. The van der Waals surface area contributed by atoms with E-state index in [0.29, 0.717) is 6.54 Å². The number of hydrogen-bond acceptors (Lipinski definition) is 3. The van der Waals surface area contributed by atoms with Gasteiger partial charge in [0.15, 0.2) is 0 Å². The fourth-order valence-electron chi connectivity index (χ4n) is 1.85. The molecule has 2 N–H and O–H groups in total. The van der Waals surface area contributed by atoms with Gasteiger partial charge in [0, 0.05) is 25.4 Å². The zero-order chi connectivity index (χ0) is 15.3. The SMILES string of the molecule is CC(=O)NC(C(=O)NCc1cnc(C)c(C)c1)C(C)C. The van der Waals surface area contributed by atoms with Crippen molar-refractivity contribution in [1.29, 1.82) is 0 Å². The lowest BCUT2D eigenvalue weighted by Crippen LogP contribution is -2.48. The first kappa shape index (κ1) is 16.1. The monoisotopic (exact) mass is 277 g/mol. The number of aromatic nitrogens is 1. The highest BCUT2D eigenvalue weighted by molar-refractivity contribution is 5.86. The van der Waals surface area contributed by atoms with Gasteiger partial charge in [-0.2, -0.15) is 0 Å². The number of nitrogens with one attached hydrogen (secondary N) is 2. The van der Waals surface area contributed by atoms with Crippen LogP contribution >= 0.6 is 0 Å². The van der Waals surface area contributed by atoms with Crippen molar-refractivity contribution >= 4 is 11.8 Å². The van der Waals surface area contributed by atoms with Crippen molar-refractivity contribution in [2.75, 3.05) is 0 Å². The summed E-state index contributed by atoms with van der Waals surface area (Å²) in [6, 6.07) is 1.50. The van der Waals surface area contributed by atoms with Crippen molar-refractivity contribution in [2.24, 2.45) is 5.92 Å². The van der Waals surface area contributed by atoms with Crippen LogP contribution in [-0.4, -0.2) is 22.8 Å². The maximum absolute atomic E-state index is 12.1. The Morgan fingerprint density at radius 3 is 2.45 bits per heavy atom. The highest BCUT2D eigenvalue weighted by Gasteiger charge is 2.22. The van der Waals surface area contributed by atoms with E-state index in [9.17, 15) is 9.59 Å². The minimum absolute atomic E-state index is 0.0387. The largest absolute Gasteiger partial charge is 0.350 e. The molecule has 5 nitrogen and oxygen atoms in total. The first-order valence-electron chi connectivity index (χ1n) is 6.78. The van der Waals surface area contributed by atoms with Crippen LogP contribution in [0.2, 0.25) is 0 Å². The van der Waals surface area contributed by atoms with E-state index in [1.54, 1.807) is 6.20 Å². The lowest BCUT2D eigenvalue weighted by atomic mass is 10.0. The van der Waals surface area contributed by atoms with E-state index in [1.165, 1.54) is 6.92 Å². The van der Waals surface area contributed by atoms with Gasteiger partial charge in [0.25, 0.3) is 0 Å². The third kappa shape index (κ3) is 4.64. The number of hydrogen-bond donors (Lipinski definition) is 2. The van der Waals surface area contributed by atoms with Gasteiger partial charge in [0.1, 0.15) is 6.04 Å². The molecular formula is C15H23N3O2. The Bertz CT molecular complexity index is 498. The number of nitrogens with zero attached hydrogens (tertiary/aromatic N) is 1. The molecule has 0 aliphatic carbocycles. The van der Waals surface area contributed by atoms with Crippen molar-refractivity contribution in [3.05, 3.63) is 29.1 Å². The molecule has 0 aliphatic heterocycles. The molecule has 1 atom stereocenters. The fourth-order valence-corrected chi connectivity index (χ4v) is 1.85. The van der Waals surface area contributed by atoms with Crippen LogP contribution in [0.1, 0.15) is 37.6 Å². The zero-order valence-corrected chi connectivity index (χ0v) is 12.8. The lowest BCUT2D eigenvalue weighted by molar-refractivity contribution is -0.129. The van der Waals surface area contributed by atoms with E-state index in [4.69, 9.17) is 0 Å². The smallest absolute Gasteiger partial charge is 0.243 e. The summed E-state index contributed by atoms with van der Waals surface area (Å²) in [6.45, 7) is 9.56. The maximum atomic E-state index is 12.1. The van der Waals surface area contributed by atoms with E-state index in [1.807, 2.05) is 33.8 Å². The molecule has 1 aromatic rings. The molecule has 5 heteroatoms. The summed E-state index contributed by atoms with van der Waals surface area (Å²) in [7, 11) is 0. The molecule has 2 amide bonds. The van der Waals surface area contributed by atoms with Crippen LogP contribution in [0.25, 0.3) is 0 Å². The normalized spacial score (nSPS) is 12.1. The molecule has 1 unspecified atom stereocenters. The van der Waals surface area contributed by atoms with Crippen molar-refractivity contribution < 1.29 is 9.59 Å². The summed E-state index contributed by atoms with van der Waals surface area (Å²) in [5, 5.41) is 5.51. The molecule has 110 valence electrons. The minimum atomic E-state index is -0.507. The Kier molecular flexibility index (Phi) is 5.67. The molecule has 0 spiro atoms. The predicted octanol–water partition coefficient (Wildman–Crippen LogP) is 1.48. The molecule has 1 heterocycles. The molecular weight excluding hydrogens is 254 g/mol. The number of amides is 2. The van der Waals surface area contributed by atoms with Crippen molar-refractivity contribution in [3.63, 3.8) is 0 Å². The van der Waals surface area contributed by atoms with Crippen molar-refractivity contribution in [1.82, 2.24) is 15.6 Å². The van der Waals surface area contributed by atoms with E-state index in [-0.39, 0.29) is 17.7 Å². The summed E-state index contributed by atoms with van der Waals surface area (Å²) in [5.74, 6) is -0.336. The standard InChI is InChI=1S/C15H23N3O2/c1-9(2)14(18-12(5)19)15(20)17-8-13-6-10(3)11(4)16-7-13/h6-7,9,14H,8H2,1-5H3,(H,17,20)(H,18,19). The number of rotatable bonds is 5. The summed E-state index contributed by atoms with van der Waals surface area (Å²) < 4.78 is 0. The average molecular weight is 277 g/mol. The van der Waals surface area contributed by atoms with Gasteiger partial charge in [-0.25, -0.2) is 0 Å². The topological polar surface area (TPSA) is 71.1 Å². The Morgan fingerprint density at radius 2 is 1.95 bits per heavy atom. The van der Waals surface area contributed by atoms with Gasteiger partial charge in [-0.15, -0.1) is 0 Å². The summed E-state index contributed by atoms with van der Waals surface area (Å²) >= 11 is 0. The molecule has 0 fully saturated rings. The van der Waals surface area contributed by atoms with Crippen LogP contribution < -0.4 is 10.6 Å². The molecule has 0 aromatic carbocycles. The average Bonchev–Trinajstić information content (AvgIpc) is 2.36. The van der Waals surface area contributed by atoms with Crippen LogP contribution in [0.3, 0.4) is 0 Å². The van der Waals surface area contributed by atoms with Crippen molar-refractivity contribution in [3.8, 4) is 0 Å².